The molecule has 0 spiro atoms. The minimum atomic E-state index is -0.424. The Labute approximate surface area is 114 Å². The first-order valence-corrected chi connectivity index (χ1v) is 6.41. The number of rotatable bonds is 5. The summed E-state index contributed by atoms with van der Waals surface area (Å²) in [6.45, 7) is 4.89. The van der Waals surface area contributed by atoms with Crippen molar-refractivity contribution < 1.29 is 9.53 Å². The molecule has 0 heterocycles. The number of carbonyl (C=O) groups is 1. The third-order valence-electron chi connectivity index (χ3n) is 2.95. The van der Waals surface area contributed by atoms with Gasteiger partial charge in [-0.15, -0.1) is 0 Å². The van der Waals surface area contributed by atoms with Crippen LogP contribution < -0.4 is 4.74 Å². The molecule has 3 nitrogen and oxygen atoms in total. The van der Waals surface area contributed by atoms with Crippen LogP contribution in [0, 0.1) is 0 Å². The SMILES string of the molecule is COc1ccc(CCN(C)C(=O)Cl)cc1C(C)C. The smallest absolute Gasteiger partial charge is 0.316 e. The number of ether oxygens (including phenoxy) is 1. The maximum atomic E-state index is 10.9. The Morgan fingerprint density at radius 2 is 2.11 bits per heavy atom. The van der Waals surface area contributed by atoms with Crippen molar-refractivity contribution >= 4 is 17.0 Å². The molecular formula is C14H20ClNO2. The number of likely N-dealkylation sites (N-methyl/N-ethyl adjacent to an activating group) is 1. The second kappa shape index (κ2) is 6.64. The molecular weight excluding hydrogens is 250 g/mol. The molecule has 1 aromatic carbocycles. The van der Waals surface area contributed by atoms with Crippen molar-refractivity contribution in [3.63, 3.8) is 0 Å². The van der Waals surface area contributed by atoms with Crippen molar-refractivity contribution in [2.45, 2.75) is 26.2 Å². The average molecular weight is 270 g/mol. The van der Waals surface area contributed by atoms with Crippen LogP contribution in [0.5, 0.6) is 5.75 Å². The Bertz CT molecular complexity index is 418. The number of hydrogen-bond donors (Lipinski definition) is 0. The predicted octanol–water partition coefficient (Wildman–Crippen LogP) is 3.65. The fourth-order valence-electron chi connectivity index (χ4n) is 1.78. The molecule has 0 N–H and O–H groups in total. The number of halogens is 1. The third-order valence-corrected chi connectivity index (χ3v) is 3.24. The molecule has 0 fully saturated rings. The molecule has 0 saturated heterocycles. The van der Waals surface area contributed by atoms with E-state index in [-0.39, 0.29) is 0 Å². The van der Waals surface area contributed by atoms with Crippen LogP contribution in [0.15, 0.2) is 18.2 Å². The van der Waals surface area contributed by atoms with Crippen molar-refractivity contribution in [1.82, 2.24) is 4.90 Å². The highest BCUT2D eigenvalue weighted by atomic mass is 35.5. The molecule has 4 heteroatoms. The molecule has 0 atom stereocenters. The molecule has 0 aromatic heterocycles. The molecule has 0 unspecified atom stereocenters. The maximum absolute atomic E-state index is 10.9. The number of benzene rings is 1. The fourth-order valence-corrected chi connectivity index (χ4v) is 1.86. The second-order valence-corrected chi connectivity index (χ2v) is 4.98. The predicted molar refractivity (Wildman–Crippen MR) is 74.7 cm³/mol. The van der Waals surface area contributed by atoms with Crippen molar-refractivity contribution in [1.29, 1.82) is 0 Å². The third kappa shape index (κ3) is 3.91. The highest BCUT2D eigenvalue weighted by Crippen LogP contribution is 2.27. The summed E-state index contributed by atoms with van der Waals surface area (Å²) >= 11 is 5.39. The topological polar surface area (TPSA) is 29.5 Å². The van der Waals surface area contributed by atoms with Gasteiger partial charge in [0.1, 0.15) is 5.75 Å². The number of methoxy groups -OCH3 is 1. The van der Waals surface area contributed by atoms with Gasteiger partial charge < -0.3 is 9.64 Å². The van der Waals surface area contributed by atoms with E-state index in [1.165, 1.54) is 16.0 Å². The van der Waals surface area contributed by atoms with Crippen LogP contribution in [0.2, 0.25) is 0 Å². The maximum Gasteiger partial charge on any atom is 0.316 e. The molecule has 0 aliphatic carbocycles. The van der Waals surface area contributed by atoms with E-state index < -0.39 is 5.37 Å². The van der Waals surface area contributed by atoms with Crippen molar-refractivity contribution in [3.05, 3.63) is 29.3 Å². The lowest BCUT2D eigenvalue weighted by molar-refractivity contribution is 0.232. The Balaban J connectivity index is 2.79. The summed E-state index contributed by atoms with van der Waals surface area (Å²) in [5, 5.41) is -0.424. The number of hydrogen-bond acceptors (Lipinski definition) is 2. The van der Waals surface area contributed by atoms with Gasteiger partial charge in [0.15, 0.2) is 0 Å². The van der Waals surface area contributed by atoms with E-state index in [1.807, 2.05) is 12.1 Å². The summed E-state index contributed by atoms with van der Waals surface area (Å²) in [5.74, 6) is 1.32. The summed E-state index contributed by atoms with van der Waals surface area (Å²) < 4.78 is 5.34. The molecule has 0 saturated carbocycles. The molecule has 0 bridgehead atoms. The fraction of sp³-hybridized carbons (Fsp3) is 0.500. The van der Waals surface area contributed by atoms with E-state index in [4.69, 9.17) is 16.3 Å². The molecule has 100 valence electrons. The summed E-state index contributed by atoms with van der Waals surface area (Å²) in [6.07, 6.45) is 0.790. The number of amides is 1. The first-order valence-electron chi connectivity index (χ1n) is 6.03. The number of nitrogens with zero attached hydrogens (tertiary/aromatic N) is 1. The van der Waals surface area contributed by atoms with Gasteiger partial charge in [-0.25, -0.2) is 0 Å². The van der Waals surface area contributed by atoms with Crippen LogP contribution in [0.4, 0.5) is 4.79 Å². The Kier molecular flexibility index (Phi) is 5.48. The normalized spacial score (nSPS) is 10.6. The molecule has 1 rings (SSSR count). The summed E-state index contributed by atoms with van der Waals surface area (Å²) in [5.41, 5.74) is 2.37. The van der Waals surface area contributed by atoms with Crippen LogP contribution in [-0.2, 0) is 6.42 Å². The van der Waals surface area contributed by atoms with Gasteiger partial charge in [-0.3, -0.25) is 4.79 Å². The van der Waals surface area contributed by atoms with Gasteiger partial charge >= 0.3 is 5.37 Å². The standard InChI is InChI=1S/C14H20ClNO2/c1-10(2)12-9-11(5-6-13(12)18-4)7-8-16(3)14(15)17/h5-6,9-10H,7-8H2,1-4H3. The zero-order valence-corrected chi connectivity index (χ0v) is 12.1. The quantitative estimate of drug-likeness (QED) is 0.603. The Morgan fingerprint density at radius 1 is 1.44 bits per heavy atom. The molecule has 0 radical (unpaired) electrons. The van der Waals surface area contributed by atoms with Crippen molar-refractivity contribution in [2.24, 2.45) is 0 Å². The summed E-state index contributed by atoms with van der Waals surface area (Å²) in [7, 11) is 3.38. The molecule has 1 aromatic rings. The van der Waals surface area contributed by atoms with Gasteiger partial charge in [0, 0.05) is 13.6 Å². The van der Waals surface area contributed by atoms with E-state index in [0.29, 0.717) is 12.5 Å². The first-order chi connectivity index (χ1) is 8.45. The lowest BCUT2D eigenvalue weighted by Gasteiger charge is -2.16. The molecule has 1 amide bonds. The lowest BCUT2D eigenvalue weighted by Crippen LogP contribution is -2.23. The highest BCUT2D eigenvalue weighted by Gasteiger charge is 2.09. The lowest BCUT2D eigenvalue weighted by atomic mass is 9.98. The van der Waals surface area contributed by atoms with E-state index in [2.05, 4.69) is 19.9 Å². The molecule has 0 aliphatic heterocycles. The largest absolute Gasteiger partial charge is 0.496 e. The van der Waals surface area contributed by atoms with E-state index >= 15 is 0 Å². The average Bonchev–Trinajstić information content (AvgIpc) is 2.35. The van der Waals surface area contributed by atoms with Crippen LogP contribution in [0.25, 0.3) is 0 Å². The van der Waals surface area contributed by atoms with Crippen LogP contribution in [0.1, 0.15) is 30.9 Å². The number of carbonyl (C=O) groups excluding carboxylic acids is 1. The van der Waals surface area contributed by atoms with Gasteiger partial charge in [0.2, 0.25) is 0 Å². The highest BCUT2D eigenvalue weighted by molar-refractivity contribution is 6.62. The zero-order chi connectivity index (χ0) is 13.7. The molecule has 0 aliphatic rings. The van der Waals surface area contributed by atoms with E-state index in [1.54, 1.807) is 14.2 Å². The minimum Gasteiger partial charge on any atom is -0.496 e. The van der Waals surface area contributed by atoms with Crippen LogP contribution in [-0.4, -0.2) is 31.0 Å². The Morgan fingerprint density at radius 3 is 2.61 bits per heavy atom. The van der Waals surface area contributed by atoms with E-state index in [9.17, 15) is 4.79 Å². The summed E-state index contributed by atoms with van der Waals surface area (Å²) in [4.78, 5) is 12.4. The second-order valence-electron chi connectivity index (χ2n) is 4.66. The van der Waals surface area contributed by atoms with Gasteiger partial charge in [-0.2, -0.15) is 0 Å². The van der Waals surface area contributed by atoms with Crippen molar-refractivity contribution in [2.75, 3.05) is 20.7 Å². The van der Waals surface area contributed by atoms with E-state index in [0.717, 1.165) is 12.2 Å². The minimum absolute atomic E-state index is 0.410. The zero-order valence-electron chi connectivity index (χ0n) is 11.4. The monoisotopic (exact) mass is 269 g/mol. The van der Waals surface area contributed by atoms with Crippen molar-refractivity contribution in [3.8, 4) is 5.75 Å². The molecule has 18 heavy (non-hydrogen) atoms. The Hall–Kier alpha value is -1.22. The van der Waals surface area contributed by atoms with Crippen LogP contribution in [0.3, 0.4) is 0 Å². The first kappa shape index (κ1) is 14.8. The summed E-state index contributed by atoms with van der Waals surface area (Å²) in [6, 6.07) is 6.14. The van der Waals surface area contributed by atoms with Crippen LogP contribution >= 0.6 is 11.6 Å². The van der Waals surface area contributed by atoms with Gasteiger partial charge in [-0.1, -0.05) is 26.0 Å². The van der Waals surface area contributed by atoms with Gasteiger partial charge in [0.25, 0.3) is 0 Å². The van der Waals surface area contributed by atoms with Gasteiger partial charge in [0.05, 0.1) is 7.11 Å². The van der Waals surface area contributed by atoms with Gasteiger partial charge in [-0.05, 0) is 41.1 Å².